The zero-order valence-corrected chi connectivity index (χ0v) is 24.8. The zero-order valence-electron chi connectivity index (χ0n) is 24.8. The Morgan fingerprint density at radius 3 is 0.864 bits per heavy atom. The Morgan fingerprint density at radius 1 is 0.386 bits per heavy atom. The molecule has 0 radical (unpaired) electrons. The lowest BCUT2D eigenvalue weighted by atomic mass is 10.1. The topological polar surface area (TPSA) is 69.2 Å². The number of rotatable bonds is 0. The third-order valence-electron chi connectivity index (χ3n) is 9.02. The second-order valence-corrected chi connectivity index (χ2v) is 11.5. The molecule has 2 aliphatic rings. The minimum Gasteiger partial charge on any atom is -0.285 e. The van der Waals surface area contributed by atoms with Crippen molar-refractivity contribution in [2.45, 2.75) is 0 Å². The number of nitrogens with zero attached hydrogens (tertiary/aromatic N) is 8. The van der Waals surface area contributed by atoms with Crippen LogP contribution in [0.2, 0.25) is 0 Å². The summed E-state index contributed by atoms with van der Waals surface area (Å²) in [6.45, 7) is 0. The lowest BCUT2D eigenvalue weighted by Crippen LogP contribution is -2.31. The van der Waals surface area contributed by atoms with E-state index in [1.54, 1.807) is 0 Å². The van der Waals surface area contributed by atoms with Crippen molar-refractivity contribution >= 4 is 44.1 Å². The lowest BCUT2D eigenvalue weighted by molar-refractivity contribution is -0.650. The van der Waals surface area contributed by atoms with Crippen LogP contribution in [0, 0.1) is 0 Å². The van der Waals surface area contributed by atoms with Crippen molar-refractivity contribution in [3.05, 3.63) is 97.1 Å². The largest absolute Gasteiger partial charge is 0.285 e. The summed E-state index contributed by atoms with van der Waals surface area (Å²) < 4.78 is 8.41. The molecule has 5 heterocycles. The fraction of sp³-hybridized carbons (Fsp3) is 0.111. The van der Waals surface area contributed by atoms with Gasteiger partial charge < -0.3 is 0 Å². The fourth-order valence-electron chi connectivity index (χ4n) is 6.82. The number of aromatic nitrogens is 8. The van der Waals surface area contributed by atoms with Crippen LogP contribution in [-0.4, -0.2) is 29.1 Å². The highest BCUT2D eigenvalue weighted by Gasteiger charge is 2.32. The first-order valence-corrected chi connectivity index (χ1v) is 14.7. The smallest absolute Gasteiger partial charge is 0.273 e. The van der Waals surface area contributed by atoms with Gasteiger partial charge in [0.05, 0.1) is 36.3 Å². The second-order valence-electron chi connectivity index (χ2n) is 11.5. The Morgan fingerprint density at radius 2 is 0.614 bits per heavy atom. The van der Waals surface area contributed by atoms with Gasteiger partial charge in [0.2, 0.25) is 22.6 Å². The van der Waals surface area contributed by atoms with E-state index in [1.165, 1.54) is 0 Å². The van der Waals surface area contributed by atoms with Crippen LogP contribution in [0.25, 0.3) is 89.7 Å². The molecule has 0 saturated heterocycles. The third-order valence-corrected chi connectivity index (χ3v) is 9.02. The highest BCUT2D eigenvalue weighted by Crippen LogP contribution is 2.36. The van der Waals surface area contributed by atoms with E-state index < -0.39 is 0 Å². The van der Waals surface area contributed by atoms with E-state index >= 15 is 0 Å². The first kappa shape index (κ1) is 24.8. The average molecular weight is 573 g/mol. The van der Waals surface area contributed by atoms with E-state index in [-0.39, 0.29) is 0 Å². The van der Waals surface area contributed by atoms with Crippen LogP contribution in [-0.2, 0) is 28.2 Å². The second kappa shape index (κ2) is 8.87. The maximum Gasteiger partial charge on any atom is 0.273 e. The first-order valence-electron chi connectivity index (χ1n) is 14.7. The van der Waals surface area contributed by atoms with E-state index in [9.17, 15) is 0 Å². The molecule has 4 aromatic carbocycles. The fourth-order valence-corrected chi connectivity index (χ4v) is 6.82. The van der Waals surface area contributed by atoms with Crippen molar-refractivity contribution in [2.24, 2.45) is 28.2 Å². The number of hydrogen-bond donors (Lipinski definition) is 0. The van der Waals surface area contributed by atoms with Crippen molar-refractivity contribution in [1.82, 2.24) is 29.1 Å². The van der Waals surface area contributed by atoms with Gasteiger partial charge in [-0.2, -0.15) is 0 Å². The maximum atomic E-state index is 5.37. The summed E-state index contributed by atoms with van der Waals surface area (Å²) in [6, 6.07) is 33.5. The molecule has 44 heavy (non-hydrogen) atoms. The van der Waals surface area contributed by atoms with Gasteiger partial charge in [-0.15, -0.1) is 0 Å². The summed E-state index contributed by atoms with van der Waals surface area (Å²) in [6.07, 6.45) is 0. The van der Waals surface area contributed by atoms with Gasteiger partial charge in [0.25, 0.3) is 23.3 Å². The van der Waals surface area contributed by atoms with Gasteiger partial charge in [0, 0.05) is 35.6 Å². The SMILES string of the molecule is Cn1c2nc3[n+](C)c(nc4c5ccccc5c(nc5[n+](C)c(nc1c1ccccc12)-c1ccccc1-5)n4C)-c1ccccc1-3. The maximum absolute atomic E-state index is 5.37. The van der Waals surface area contributed by atoms with E-state index in [1.807, 2.05) is 28.2 Å². The Labute approximate surface area is 252 Å². The monoisotopic (exact) mass is 572 g/mol. The van der Waals surface area contributed by atoms with Crippen LogP contribution in [0.3, 0.4) is 0 Å². The van der Waals surface area contributed by atoms with Gasteiger partial charge in [-0.05, 0) is 48.5 Å². The quantitative estimate of drug-likeness (QED) is 0.217. The van der Waals surface area contributed by atoms with Crippen molar-refractivity contribution in [3.8, 4) is 45.6 Å². The van der Waals surface area contributed by atoms with Gasteiger partial charge >= 0.3 is 0 Å². The predicted molar refractivity (Wildman–Crippen MR) is 172 cm³/mol. The molecule has 8 heteroatoms. The highest BCUT2D eigenvalue weighted by atomic mass is 15.2. The minimum absolute atomic E-state index is 0.847. The van der Waals surface area contributed by atoms with Crippen LogP contribution in [0.4, 0.5) is 0 Å². The average Bonchev–Trinajstić information content (AvgIpc) is 3.67. The van der Waals surface area contributed by atoms with Crippen molar-refractivity contribution in [3.63, 3.8) is 0 Å². The Balaban J connectivity index is 1.59. The van der Waals surface area contributed by atoms with Crippen molar-refractivity contribution in [1.29, 1.82) is 0 Å². The summed E-state index contributed by atoms with van der Waals surface area (Å²) in [5.74, 6) is 3.39. The molecule has 7 aromatic rings. The van der Waals surface area contributed by atoms with Crippen LogP contribution in [0.1, 0.15) is 0 Å². The molecule has 0 fully saturated rings. The third kappa shape index (κ3) is 3.22. The molecule has 9 rings (SSSR count). The molecule has 2 aliphatic heterocycles. The molecular formula is C36H28N8+2. The van der Waals surface area contributed by atoms with Gasteiger partial charge in [0.15, 0.2) is 0 Å². The van der Waals surface area contributed by atoms with Crippen LogP contribution in [0.15, 0.2) is 97.1 Å². The van der Waals surface area contributed by atoms with Crippen LogP contribution < -0.4 is 9.13 Å². The Hall–Kier alpha value is -5.76. The van der Waals surface area contributed by atoms with E-state index in [0.717, 1.165) is 89.7 Å². The molecule has 0 N–H and O–H groups in total. The molecule has 210 valence electrons. The molecule has 0 unspecified atom stereocenters. The van der Waals surface area contributed by atoms with Gasteiger partial charge in [-0.25, -0.2) is 9.13 Å². The van der Waals surface area contributed by atoms with E-state index in [2.05, 4.69) is 115 Å². The molecule has 0 spiro atoms. The highest BCUT2D eigenvalue weighted by molar-refractivity contribution is 6.06. The van der Waals surface area contributed by atoms with Gasteiger partial charge in [-0.3, -0.25) is 9.13 Å². The summed E-state index contributed by atoms with van der Waals surface area (Å²) in [5, 5.41) is 4.18. The van der Waals surface area contributed by atoms with Crippen molar-refractivity contribution < 1.29 is 9.13 Å². The van der Waals surface area contributed by atoms with Crippen LogP contribution >= 0.6 is 0 Å². The minimum atomic E-state index is 0.847. The van der Waals surface area contributed by atoms with Crippen LogP contribution in [0.5, 0.6) is 0 Å². The molecule has 3 aromatic heterocycles. The number of fused-ring (bicyclic) bond motifs is 20. The summed E-state index contributed by atoms with van der Waals surface area (Å²) in [5.41, 5.74) is 7.56. The first-order chi connectivity index (χ1) is 21.5. The van der Waals surface area contributed by atoms with Gasteiger partial charge in [-0.1, -0.05) is 68.5 Å². The molecule has 8 bridgehead atoms. The standard InChI is InChI=1S/C36H28N8/c1-41-29-21-13-5-6-14-22(21)30(41)38-32-24-16-8-10-18-26(24)34(43(32)3)40-36-28-20-12-11-19-27(28)35(44(36)4)39-33-25-17-9-7-15-23(25)31(37-29)42(33)2/h5-20H,1-4H3/q+2. The molecule has 0 saturated carbocycles. The Bertz CT molecular complexity index is 2210. The van der Waals surface area contributed by atoms with Crippen molar-refractivity contribution in [2.75, 3.05) is 0 Å². The number of hydrogen-bond acceptors (Lipinski definition) is 4. The van der Waals surface area contributed by atoms with E-state index in [4.69, 9.17) is 19.9 Å². The summed E-state index contributed by atoms with van der Waals surface area (Å²) >= 11 is 0. The summed E-state index contributed by atoms with van der Waals surface area (Å²) in [4.78, 5) is 21.5. The number of aryl methyl sites for hydroxylation is 2. The van der Waals surface area contributed by atoms with E-state index in [0.29, 0.717) is 0 Å². The molecule has 0 aliphatic carbocycles. The molecule has 0 atom stereocenters. The number of benzene rings is 4. The lowest BCUT2D eigenvalue weighted by Gasteiger charge is -1.94. The van der Waals surface area contributed by atoms with Gasteiger partial charge in [0.1, 0.15) is 0 Å². The zero-order chi connectivity index (χ0) is 29.7. The molecule has 8 nitrogen and oxygen atoms in total. The summed E-state index contributed by atoms with van der Waals surface area (Å²) in [7, 11) is 8.19. The molecule has 0 amide bonds. The molecular weight excluding hydrogens is 544 g/mol. The normalized spacial score (nSPS) is 12.1. The predicted octanol–water partition coefficient (Wildman–Crippen LogP) is 5.75. The Kier molecular flexibility index (Phi) is 5.00.